The van der Waals surface area contributed by atoms with Crippen molar-refractivity contribution in [3.8, 4) is 17.1 Å². The highest BCUT2D eigenvalue weighted by Crippen LogP contribution is 2.34. The molecular formula is C21H21N3O3. The van der Waals surface area contributed by atoms with Gasteiger partial charge in [-0.15, -0.1) is 0 Å². The van der Waals surface area contributed by atoms with Crippen molar-refractivity contribution in [2.75, 3.05) is 18.6 Å². The van der Waals surface area contributed by atoms with Gasteiger partial charge in [-0.05, 0) is 55.3 Å². The first-order valence-corrected chi connectivity index (χ1v) is 8.91. The Morgan fingerprint density at radius 3 is 2.67 bits per heavy atom. The molecule has 1 saturated heterocycles. The normalized spacial score (nSPS) is 16.8. The van der Waals surface area contributed by atoms with Crippen molar-refractivity contribution in [3.05, 3.63) is 59.5 Å². The zero-order valence-electron chi connectivity index (χ0n) is 15.6. The average Bonchev–Trinajstić information content (AvgIpc) is 3.31. The molecule has 2 aromatic carbocycles. The monoisotopic (exact) mass is 363 g/mol. The van der Waals surface area contributed by atoms with Crippen LogP contribution < -0.4 is 9.64 Å². The number of amides is 1. The summed E-state index contributed by atoms with van der Waals surface area (Å²) in [4.78, 5) is 18.9. The van der Waals surface area contributed by atoms with E-state index in [1.165, 1.54) is 5.56 Å². The summed E-state index contributed by atoms with van der Waals surface area (Å²) in [6.07, 6.45) is 0.373. The first-order valence-electron chi connectivity index (χ1n) is 8.91. The number of hydrogen-bond donors (Lipinski definition) is 0. The summed E-state index contributed by atoms with van der Waals surface area (Å²) in [5.74, 6) is 1.77. The quantitative estimate of drug-likeness (QED) is 0.703. The second-order valence-corrected chi connectivity index (χ2v) is 6.81. The van der Waals surface area contributed by atoms with Gasteiger partial charge in [0, 0.05) is 24.2 Å². The van der Waals surface area contributed by atoms with Crippen molar-refractivity contribution < 1.29 is 14.1 Å². The maximum absolute atomic E-state index is 12.6. The molecular weight excluding hydrogens is 342 g/mol. The van der Waals surface area contributed by atoms with E-state index in [0.29, 0.717) is 24.7 Å². The van der Waals surface area contributed by atoms with E-state index in [2.05, 4.69) is 23.1 Å². The van der Waals surface area contributed by atoms with Crippen LogP contribution >= 0.6 is 0 Å². The fourth-order valence-corrected chi connectivity index (χ4v) is 3.39. The van der Waals surface area contributed by atoms with Crippen LogP contribution in [0.5, 0.6) is 5.75 Å². The summed E-state index contributed by atoms with van der Waals surface area (Å²) >= 11 is 0. The molecule has 0 N–H and O–H groups in total. The Hall–Kier alpha value is -3.15. The van der Waals surface area contributed by atoms with E-state index in [9.17, 15) is 4.79 Å². The number of methoxy groups -OCH3 is 1. The summed E-state index contributed by atoms with van der Waals surface area (Å²) in [7, 11) is 1.63. The van der Waals surface area contributed by atoms with Gasteiger partial charge in [0.05, 0.1) is 13.0 Å². The van der Waals surface area contributed by atoms with Crippen LogP contribution in [0.1, 0.15) is 29.4 Å². The van der Waals surface area contributed by atoms with Crippen LogP contribution in [-0.4, -0.2) is 29.7 Å². The molecule has 1 fully saturated rings. The van der Waals surface area contributed by atoms with E-state index >= 15 is 0 Å². The second-order valence-electron chi connectivity index (χ2n) is 6.81. The standard InChI is InChI=1S/C21H21N3O3/c1-13-5-4-6-18(14(13)2)24-12-16(11-19(24)25)21-22-20(23-27-21)15-7-9-17(26-3)10-8-15/h4-10,16H,11-12H2,1-3H3. The number of anilines is 1. The van der Waals surface area contributed by atoms with E-state index in [0.717, 1.165) is 22.6 Å². The molecule has 4 rings (SSSR count). The highest BCUT2D eigenvalue weighted by atomic mass is 16.5. The number of rotatable bonds is 4. The molecule has 3 aromatic rings. The van der Waals surface area contributed by atoms with Crippen molar-refractivity contribution in [2.24, 2.45) is 0 Å². The van der Waals surface area contributed by atoms with Gasteiger partial charge in [0.25, 0.3) is 0 Å². The molecule has 6 nitrogen and oxygen atoms in total. The first kappa shape index (κ1) is 17.3. The number of carbonyl (C=O) groups is 1. The van der Waals surface area contributed by atoms with Crippen molar-refractivity contribution in [1.82, 2.24) is 10.1 Å². The molecule has 0 aliphatic carbocycles. The van der Waals surface area contributed by atoms with Crippen LogP contribution in [0.15, 0.2) is 47.0 Å². The lowest BCUT2D eigenvalue weighted by atomic mass is 10.1. The van der Waals surface area contributed by atoms with E-state index in [1.807, 2.05) is 48.2 Å². The van der Waals surface area contributed by atoms with Crippen LogP contribution in [0.25, 0.3) is 11.4 Å². The maximum atomic E-state index is 12.6. The van der Waals surface area contributed by atoms with Gasteiger partial charge in [-0.1, -0.05) is 17.3 Å². The minimum Gasteiger partial charge on any atom is -0.497 e. The fraction of sp³-hybridized carbons (Fsp3) is 0.286. The molecule has 27 heavy (non-hydrogen) atoms. The number of ether oxygens (including phenoxy) is 1. The van der Waals surface area contributed by atoms with Gasteiger partial charge in [-0.2, -0.15) is 4.98 Å². The summed E-state index contributed by atoms with van der Waals surface area (Å²) in [6, 6.07) is 13.5. The van der Waals surface area contributed by atoms with Gasteiger partial charge >= 0.3 is 0 Å². The van der Waals surface area contributed by atoms with E-state index in [1.54, 1.807) is 7.11 Å². The molecule has 0 spiro atoms. The van der Waals surface area contributed by atoms with Crippen molar-refractivity contribution >= 4 is 11.6 Å². The van der Waals surface area contributed by atoms with Crippen molar-refractivity contribution in [2.45, 2.75) is 26.2 Å². The largest absolute Gasteiger partial charge is 0.497 e. The molecule has 0 bridgehead atoms. The Balaban J connectivity index is 1.56. The van der Waals surface area contributed by atoms with Crippen LogP contribution in [0.3, 0.4) is 0 Å². The van der Waals surface area contributed by atoms with Gasteiger partial charge in [-0.3, -0.25) is 4.79 Å². The van der Waals surface area contributed by atoms with Gasteiger partial charge in [0.2, 0.25) is 17.6 Å². The smallest absolute Gasteiger partial charge is 0.232 e. The lowest BCUT2D eigenvalue weighted by Gasteiger charge is -2.19. The number of hydrogen-bond acceptors (Lipinski definition) is 5. The Morgan fingerprint density at radius 1 is 1.15 bits per heavy atom. The minimum absolute atomic E-state index is 0.0814. The third-order valence-electron chi connectivity index (χ3n) is 5.13. The average molecular weight is 363 g/mol. The lowest BCUT2D eigenvalue weighted by molar-refractivity contribution is -0.117. The molecule has 138 valence electrons. The predicted octanol–water partition coefficient (Wildman–Crippen LogP) is 3.88. The summed E-state index contributed by atoms with van der Waals surface area (Å²) in [6.45, 7) is 4.64. The number of benzene rings is 2. The predicted molar refractivity (Wildman–Crippen MR) is 102 cm³/mol. The molecule has 1 aliphatic heterocycles. The zero-order valence-corrected chi connectivity index (χ0v) is 15.6. The van der Waals surface area contributed by atoms with Gasteiger partial charge in [0.15, 0.2) is 0 Å². The number of carbonyl (C=O) groups excluding carboxylic acids is 1. The summed E-state index contributed by atoms with van der Waals surface area (Å²) in [5.41, 5.74) is 4.10. The van der Waals surface area contributed by atoms with Crippen molar-refractivity contribution in [1.29, 1.82) is 0 Å². The van der Waals surface area contributed by atoms with Crippen LogP contribution in [0, 0.1) is 13.8 Å². The minimum atomic E-state index is -0.100. The lowest BCUT2D eigenvalue weighted by Crippen LogP contribution is -2.25. The van der Waals surface area contributed by atoms with Gasteiger partial charge < -0.3 is 14.2 Å². The molecule has 0 saturated carbocycles. The number of aryl methyl sites for hydroxylation is 1. The van der Waals surface area contributed by atoms with E-state index in [-0.39, 0.29) is 11.8 Å². The third-order valence-corrected chi connectivity index (χ3v) is 5.13. The Morgan fingerprint density at radius 2 is 1.93 bits per heavy atom. The topological polar surface area (TPSA) is 68.5 Å². The Kier molecular flexibility index (Phi) is 4.39. The molecule has 0 radical (unpaired) electrons. The highest BCUT2D eigenvalue weighted by Gasteiger charge is 2.35. The third kappa shape index (κ3) is 3.18. The molecule has 1 aromatic heterocycles. The summed E-state index contributed by atoms with van der Waals surface area (Å²) < 4.78 is 10.6. The van der Waals surface area contributed by atoms with Crippen molar-refractivity contribution in [3.63, 3.8) is 0 Å². The second kappa shape index (κ2) is 6.87. The molecule has 1 atom stereocenters. The van der Waals surface area contributed by atoms with Crippen LogP contribution in [0.2, 0.25) is 0 Å². The Labute approximate surface area is 157 Å². The van der Waals surface area contributed by atoms with Gasteiger partial charge in [0.1, 0.15) is 5.75 Å². The SMILES string of the molecule is COc1ccc(-c2noc(C3CC(=O)N(c4cccc(C)c4C)C3)n2)cc1. The van der Waals surface area contributed by atoms with E-state index < -0.39 is 0 Å². The van der Waals surface area contributed by atoms with Crippen LogP contribution in [-0.2, 0) is 4.79 Å². The summed E-state index contributed by atoms with van der Waals surface area (Å²) in [5, 5.41) is 4.08. The maximum Gasteiger partial charge on any atom is 0.232 e. The van der Waals surface area contributed by atoms with Crippen LogP contribution in [0.4, 0.5) is 5.69 Å². The molecule has 1 unspecified atom stereocenters. The first-order chi connectivity index (χ1) is 13.1. The van der Waals surface area contributed by atoms with Gasteiger partial charge in [-0.25, -0.2) is 0 Å². The molecule has 1 aliphatic rings. The molecule has 6 heteroatoms. The van der Waals surface area contributed by atoms with E-state index in [4.69, 9.17) is 9.26 Å². The molecule has 1 amide bonds. The number of aromatic nitrogens is 2. The Bertz CT molecular complexity index is 979. The molecule has 2 heterocycles. The zero-order chi connectivity index (χ0) is 19.0. The highest BCUT2D eigenvalue weighted by molar-refractivity contribution is 5.97. The number of nitrogens with zero attached hydrogens (tertiary/aromatic N) is 3. The fourth-order valence-electron chi connectivity index (χ4n) is 3.39.